The van der Waals surface area contributed by atoms with E-state index in [0.717, 1.165) is 19.3 Å². The summed E-state index contributed by atoms with van der Waals surface area (Å²) in [4.78, 5) is 7.11. The van der Waals surface area contributed by atoms with E-state index in [0.29, 0.717) is 102 Å². The monoisotopic (exact) mass is 1110 g/mol. The minimum absolute atomic E-state index is 0.0139. The quantitative estimate of drug-likeness (QED) is 0.0142. The van der Waals surface area contributed by atoms with Crippen LogP contribution in [0.15, 0.2) is 102 Å². The summed E-state index contributed by atoms with van der Waals surface area (Å²) in [7, 11) is 0. The number of ether oxygens (including phenoxy) is 9. The first-order valence-electron chi connectivity index (χ1n) is 20.5. The van der Waals surface area contributed by atoms with Crippen LogP contribution in [0, 0.1) is 17.8 Å². The number of hydrogen-bond acceptors (Lipinski definition) is 21. The topological polar surface area (TPSA) is 321 Å². The molecule has 0 spiro atoms. The third-order valence-electron chi connectivity index (χ3n) is 7.05. The molecule has 0 aliphatic heterocycles. The van der Waals surface area contributed by atoms with Gasteiger partial charge in [0.05, 0.1) is 90.9 Å². The molecule has 0 heterocycles. The van der Waals surface area contributed by atoms with Gasteiger partial charge in [0.25, 0.3) is 0 Å². The Kier molecular flexibility index (Phi) is 82.9. The van der Waals surface area contributed by atoms with Crippen molar-refractivity contribution in [1.29, 1.82) is 0 Å². The van der Waals surface area contributed by atoms with Gasteiger partial charge in [-0.15, -0.1) is 39.5 Å². The Bertz CT molecular complexity index is 970. The molecule has 0 aromatic carbocycles. The van der Waals surface area contributed by atoms with Crippen molar-refractivity contribution in [2.75, 3.05) is 79.3 Å². The Morgan fingerprint density at radius 1 is 0.455 bits per heavy atom. The van der Waals surface area contributed by atoms with Crippen molar-refractivity contribution >= 4 is 0 Å². The van der Waals surface area contributed by atoms with E-state index in [1.807, 2.05) is 6.92 Å². The summed E-state index contributed by atoms with van der Waals surface area (Å²) >= 11 is 0.600. The first-order valence-corrected chi connectivity index (χ1v) is 22.5. The molecule has 0 aliphatic rings. The van der Waals surface area contributed by atoms with Crippen LogP contribution in [0.4, 0.5) is 0 Å². The van der Waals surface area contributed by atoms with Crippen molar-refractivity contribution in [3.8, 4) is 0 Å². The molecule has 0 aliphatic carbocycles. The molecule has 0 aromatic rings. The molecule has 66 heavy (non-hydrogen) atoms. The molecule has 0 fully saturated rings. The Labute approximate surface area is 424 Å². The van der Waals surface area contributed by atoms with Gasteiger partial charge in [0, 0.05) is 17.8 Å². The second-order valence-electron chi connectivity index (χ2n) is 12.2. The maximum atomic E-state index is 9.15. The van der Waals surface area contributed by atoms with E-state index in [4.69, 9.17) is 91.9 Å². The molecule has 0 aromatic heterocycles. The van der Waals surface area contributed by atoms with Crippen LogP contribution < -0.4 is 22.9 Å². The van der Waals surface area contributed by atoms with Crippen molar-refractivity contribution in [3.63, 3.8) is 0 Å². The van der Waals surface area contributed by atoms with Gasteiger partial charge in [-0.3, -0.25) is 10.5 Å². The van der Waals surface area contributed by atoms with Gasteiger partial charge in [0.15, 0.2) is 25.2 Å². The van der Waals surface area contributed by atoms with Crippen LogP contribution in [0.5, 0.6) is 0 Å². The minimum atomic E-state index is -1.17. The average molecular weight is 1110 g/mol. The van der Waals surface area contributed by atoms with Crippen LogP contribution in [0.25, 0.3) is 0 Å². The third-order valence-corrected chi connectivity index (χ3v) is 7.05. The van der Waals surface area contributed by atoms with E-state index in [2.05, 4.69) is 76.3 Å². The van der Waals surface area contributed by atoms with Crippen LogP contribution in [0.3, 0.4) is 0 Å². The number of aliphatic hydroxyl groups excluding tert-OH is 2. The predicted molar refractivity (Wildman–Crippen MR) is 244 cm³/mol. The molecular weight excluding hydrogens is 1030 g/mol. The van der Waals surface area contributed by atoms with E-state index >= 15 is 0 Å². The van der Waals surface area contributed by atoms with Gasteiger partial charge >= 0.3 is 55.1 Å². The SMILES string of the molecule is C=CCOC(OCC=C)C(CC)COC(O)CO.C=CCOC(OCC=C)C(CC)COC=C.C=CCOC(OCC=C)C(CC)COC=C.NC(N)COO.NC(N)COO.[O]=[Zr].[O]=[Zr]. The number of nitrogens with two attached hydrogens (primary N) is 4. The maximum absolute atomic E-state index is 9.15. The summed E-state index contributed by atoms with van der Waals surface area (Å²) in [5, 5.41) is 33.0. The summed E-state index contributed by atoms with van der Waals surface area (Å²) in [5.74, 6) is 0.321. The van der Waals surface area contributed by atoms with Gasteiger partial charge in [0.2, 0.25) is 0 Å². The Hall–Kier alpha value is -1.79. The van der Waals surface area contributed by atoms with Gasteiger partial charge in [-0.05, 0) is 19.3 Å². The van der Waals surface area contributed by atoms with Crippen molar-refractivity contribution in [2.24, 2.45) is 40.7 Å². The third kappa shape index (κ3) is 62.2. The van der Waals surface area contributed by atoms with Gasteiger partial charge in [-0.2, -0.15) is 0 Å². The molecule has 0 bridgehead atoms. The van der Waals surface area contributed by atoms with E-state index in [1.54, 1.807) is 36.5 Å². The molecule has 0 saturated carbocycles. The van der Waals surface area contributed by atoms with Crippen LogP contribution in [-0.4, -0.2) is 138 Å². The molecule has 4 atom stereocenters. The number of aliphatic hydroxyl groups is 2. The molecule has 0 rings (SSSR count). The van der Waals surface area contributed by atoms with Crippen LogP contribution in [-0.2, 0) is 107 Å². The molecule has 386 valence electrons. The normalized spacial score (nSPS) is 11.7. The fourth-order valence-corrected chi connectivity index (χ4v) is 3.95. The zero-order chi connectivity index (χ0) is 52.2. The van der Waals surface area contributed by atoms with Crippen LogP contribution in [0.1, 0.15) is 40.0 Å². The molecule has 12 N–H and O–H groups in total. The van der Waals surface area contributed by atoms with E-state index in [-0.39, 0.29) is 50.2 Å². The molecule has 4 unspecified atom stereocenters. The van der Waals surface area contributed by atoms with Gasteiger partial charge in [-0.1, -0.05) is 70.4 Å². The summed E-state index contributed by atoms with van der Waals surface area (Å²) in [6.07, 6.45) is 12.2. The van der Waals surface area contributed by atoms with Crippen molar-refractivity contribution in [3.05, 3.63) is 102 Å². The summed E-state index contributed by atoms with van der Waals surface area (Å²) in [6.45, 7) is 38.2. The zero-order valence-electron chi connectivity index (χ0n) is 39.5. The predicted octanol–water partition coefficient (Wildman–Crippen LogP) is 4.08. The standard InChI is InChI=1S/C13H24O5.2C13H22O3.2C2H8N2O2.2O.2Zr/c1-4-7-16-13(17-8-5-2)11(6-3)10-18-12(15)9-14;2*1-5-9-15-13(16-10-6-2)12(7-3)11-14-8-4;2*3-2(4)1-6-5;;;;/h4-5,11-15H,1-2,6-10H2,3H3;2*5-6,8,12-13H,1-2,4,7,9-11H2,3H3;2*2,5H,1,3-4H2;;;;. The summed E-state index contributed by atoms with van der Waals surface area (Å²) < 4.78 is 65.3. The average Bonchev–Trinajstić information content (AvgIpc) is 3.33. The molecule has 0 radical (unpaired) electrons. The van der Waals surface area contributed by atoms with E-state index < -0.39 is 31.5 Å². The molecule has 21 nitrogen and oxygen atoms in total. The Balaban J connectivity index is -0.000000136. The van der Waals surface area contributed by atoms with Crippen molar-refractivity contribution in [2.45, 2.75) is 77.5 Å². The number of rotatable bonds is 38. The van der Waals surface area contributed by atoms with Gasteiger partial charge < -0.3 is 75.8 Å². The summed E-state index contributed by atoms with van der Waals surface area (Å²) in [6, 6.07) is 0. The fourth-order valence-electron chi connectivity index (χ4n) is 3.95. The van der Waals surface area contributed by atoms with Crippen molar-refractivity contribution < 1.29 is 128 Å². The molecule has 23 heteroatoms. The van der Waals surface area contributed by atoms with Crippen molar-refractivity contribution in [1.82, 2.24) is 0 Å². The first kappa shape index (κ1) is 78.4. The molecular formula is C43H84N4O17Zr2. The zero-order valence-corrected chi connectivity index (χ0v) is 44.4. The first-order chi connectivity index (χ1) is 31.8. The van der Waals surface area contributed by atoms with E-state index in [9.17, 15) is 0 Å². The molecule has 0 saturated heterocycles. The number of hydrogen-bond donors (Lipinski definition) is 8. The Morgan fingerprint density at radius 2 is 0.697 bits per heavy atom. The summed E-state index contributed by atoms with van der Waals surface area (Å²) in [5.41, 5.74) is 19.6. The second kappa shape index (κ2) is 69.8. The second-order valence-corrected chi connectivity index (χ2v) is 12.2. The van der Waals surface area contributed by atoms with Gasteiger partial charge in [-0.25, -0.2) is 9.78 Å². The molecule has 0 amide bonds. The van der Waals surface area contributed by atoms with Crippen LogP contribution in [0.2, 0.25) is 0 Å². The van der Waals surface area contributed by atoms with Gasteiger partial charge in [0.1, 0.15) is 13.2 Å². The van der Waals surface area contributed by atoms with Crippen LogP contribution >= 0.6 is 0 Å². The Morgan fingerprint density at radius 3 is 0.848 bits per heavy atom. The fraction of sp³-hybridized carbons (Fsp3) is 0.628. The van der Waals surface area contributed by atoms with E-state index in [1.165, 1.54) is 12.5 Å².